The Balaban J connectivity index is 2.51. The van der Waals surface area contributed by atoms with Gasteiger partial charge < -0.3 is 4.74 Å². The third-order valence-corrected chi connectivity index (χ3v) is 2.07. The molecule has 15 heavy (non-hydrogen) atoms. The van der Waals surface area contributed by atoms with E-state index in [0.717, 1.165) is 5.56 Å². The fourth-order valence-corrected chi connectivity index (χ4v) is 1.31. The van der Waals surface area contributed by atoms with Crippen LogP contribution in [0.15, 0.2) is 30.3 Å². The fourth-order valence-electron chi connectivity index (χ4n) is 1.31. The van der Waals surface area contributed by atoms with Gasteiger partial charge in [-0.1, -0.05) is 30.3 Å². The Labute approximate surface area is 89.3 Å². The van der Waals surface area contributed by atoms with E-state index in [1.54, 1.807) is 0 Å². The maximum atomic E-state index is 10.5. The number of benzene rings is 1. The molecule has 3 heteroatoms. The summed E-state index contributed by atoms with van der Waals surface area (Å²) in [7, 11) is 0. The van der Waals surface area contributed by atoms with Crippen molar-refractivity contribution in [3.05, 3.63) is 35.9 Å². The maximum absolute atomic E-state index is 10.5. The lowest BCUT2D eigenvalue weighted by atomic mass is 9.98. The minimum atomic E-state index is -0.306. The van der Waals surface area contributed by atoms with Crippen LogP contribution in [0.4, 0.5) is 0 Å². The van der Waals surface area contributed by atoms with Gasteiger partial charge in [0.15, 0.2) is 0 Å². The van der Waals surface area contributed by atoms with Crippen LogP contribution < -0.4 is 0 Å². The highest BCUT2D eigenvalue weighted by Gasteiger charge is 2.10. The van der Waals surface area contributed by atoms with E-state index in [2.05, 4.69) is 6.07 Å². The van der Waals surface area contributed by atoms with E-state index < -0.39 is 0 Å². The van der Waals surface area contributed by atoms with Crippen molar-refractivity contribution < 1.29 is 9.53 Å². The summed E-state index contributed by atoms with van der Waals surface area (Å²) in [5, 5.41) is 8.95. The molecule has 1 atom stereocenters. The molecule has 0 saturated carbocycles. The van der Waals surface area contributed by atoms with Crippen molar-refractivity contribution in [3.63, 3.8) is 0 Å². The van der Waals surface area contributed by atoms with Crippen molar-refractivity contribution in [1.29, 1.82) is 5.26 Å². The average molecular weight is 203 g/mol. The first-order chi connectivity index (χ1) is 7.24. The third kappa shape index (κ3) is 3.82. The van der Waals surface area contributed by atoms with Crippen molar-refractivity contribution in [2.24, 2.45) is 0 Å². The summed E-state index contributed by atoms with van der Waals surface area (Å²) in [5.74, 6) is -0.509. The van der Waals surface area contributed by atoms with Gasteiger partial charge in [0, 0.05) is 13.3 Å². The first-order valence-corrected chi connectivity index (χ1v) is 4.82. The average Bonchev–Trinajstić information content (AvgIpc) is 2.25. The molecule has 1 unspecified atom stereocenters. The van der Waals surface area contributed by atoms with Gasteiger partial charge in [-0.2, -0.15) is 5.26 Å². The zero-order chi connectivity index (χ0) is 11.1. The molecule has 0 aliphatic rings. The standard InChI is InChI=1S/C12H13NO2/c1-10(14)15-8-7-12(9-13)11-5-3-2-4-6-11/h2-6,12H,7-8H2,1H3. The Bertz CT molecular complexity index is 354. The van der Waals surface area contributed by atoms with E-state index in [1.165, 1.54) is 6.92 Å². The van der Waals surface area contributed by atoms with Crippen molar-refractivity contribution in [1.82, 2.24) is 0 Å². The summed E-state index contributed by atoms with van der Waals surface area (Å²) in [6, 6.07) is 11.7. The lowest BCUT2D eigenvalue weighted by molar-refractivity contribution is -0.141. The molecule has 1 aromatic rings. The van der Waals surface area contributed by atoms with Gasteiger partial charge in [-0.25, -0.2) is 0 Å². The summed E-state index contributed by atoms with van der Waals surface area (Å²) >= 11 is 0. The van der Waals surface area contributed by atoms with Gasteiger partial charge in [-0.3, -0.25) is 4.79 Å². The van der Waals surface area contributed by atoms with Crippen LogP contribution >= 0.6 is 0 Å². The van der Waals surface area contributed by atoms with Gasteiger partial charge in [0.1, 0.15) is 0 Å². The molecule has 0 N–H and O–H groups in total. The number of ether oxygens (including phenoxy) is 1. The lowest BCUT2D eigenvalue weighted by Crippen LogP contribution is -2.05. The number of carbonyl (C=O) groups excluding carboxylic acids is 1. The molecule has 0 saturated heterocycles. The first kappa shape index (κ1) is 11.3. The molecule has 0 spiro atoms. The predicted molar refractivity (Wildman–Crippen MR) is 56.0 cm³/mol. The van der Waals surface area contributed by atoms with Crippen LogP contribution in [0.5, 0.6) is 0 Å². The molecule has 0 amide bonds. The third-order valence-electron chi connectivity index (χ3n) is 2.07. The molecule has 1 aromatic carbocycles. The summed E-state index contributed by atoms with van der Waals surface area (Å²) < 4.78 is 4.81. The molecule has 0 aliphatic carbocycles. The molecular formula is C12H13NO2. The van der Waals surface area contributed by atoms with Crippen LogP contribution in [0.2, 0.25) is 0 Å². The highest BCUT2D eigenvalue weighted by Crippen LogP contribution is 2.18. The van der Waals surface area contributed by atoms with E-state index in [0.29, 0.717) is 13.0 Å². The molecule has 0 aromatic heterocycles. The summed E-state index contributed by atoms with van der Waals surface area (Å²) in [6.45, 7) is 1.66. The van der Waals surface area contributed by atoms with E-state index >= 15 is 0 Å². The molecule has 0 aliphatic heterocycles. The van der Waals surface area contributed by atoms with Gasteiger partial charge in [-0.05, 0) is 5.56 Å². The van der Waals surface area contributed by atoms with Crippen LogP contribution in [0, 0.1) is 11.3 Å². The molecule has 0 fully saturated rings. The first-order valence-electron chi connectivity index (χ1n) is 4.82. The Morgan fingerprint density at radius 2 is 2.13 bits per heavy atom. The number of carbonyl (C=O) groups is 1. The summed E-state index contributed by atoms with van der Waals surface area (Å²) in [6.07, 6.45) is 0.542. The van der Waals surface area contributed by atoms with Crippen LogP contribution in [-0.4, -0.2) is 12.6 Å². The zero-order valence-electron chi connectivity index (χ0n) is 8.64. The fraction of sp³-hybridized carbons (Fsp3) is 0.333. The van der Waals surface area contributed by atoms with Crippen LogP contribution in [-0.2, 0) is 9.53 Å². The molecule has 78 valence electrons. The Morgan fingerprint density at radius 1 is 1.47 bits per heavy atom. The second-order valence-electron chi connectivity index (χ2n) is 3.22. The van der Waals surface area contributed by atoms with Gasteiger partial charge in [0.25, 0.3) is 0 Å². The van der Waals surface area contributed by atoms with Crippen LogP contribution in [0.1, 0.15) is 24.8 Å². The number of nitrogens with zero attached hydrogens (tertiary/aromatic N) is 1. The topological polar surface area (TPSA) is 50.1 Å². The summed E-state index contributed by atoms with van der Waals surface area (Å²) in [4.78, 5) is 10.5. The zero-order valence-corrected chi connectivity index (χ0v) is 8.64. The largest absolute Gasteiger partial charge is 0.466 e. The molecule has 3 nitrogen and oxygen atoms in total. The highest BCUT2D eigenvalue weighted by molar-refractivity contribution is 5.65. The van der Waals surface area contributed by atoms with Crippen molar-refractivity contribution >= 4 is 5.97 Å². The number of rotatable bonds is 4. The van der Waals surface area contributed by atoms with E-state index in [1.807, 2.05) is 30.3 Å². The van der Waals surface area contributed by atoms with Gasteiger partial charge in [0.2, 0.25) is 0 Å². The maximum Gasteiger partial charge on any atom is 0.302 e. The molecular weight excluding hydrogens is 190 g/mol. The van der Waals surface area contributed by atoms with Crippen molar-refractivity contribution in [3.8, 4) is 6.07 Å². The quantitative estimate of drug-likeness (QED) is 0.705. The van der Waals surface area contributed by atoms with E-state index in [-0.39, 0.29) is 11.9 Å². The van der Waals surface area contributed by atoms with Gasteiger partial charge >= 0.3 is 5.97 Å². The van der Waals surface area contributed by atoms with E-state index in [9.17, 15) is 4.79 Å². The molecule has 0 radical (unpaired) electrons. The lowest BCUT2D eigenvalue weighted by Gasteiger charge is -2.08. The number of esters is 1. The highest BCUT2D eigenvalue weighted by atomic mass is 16.5. The van der Waals surface area contributed by atoms with Crippen molar-refractivity contribution in [2.75, 3.05) is 6.61 Å². The molecule has 0 bridgehead atoms. The number of nitriles is 1. The Morgan fingerprint density at radius 3 is 2.67 bits per heavy atom. The normalized spacial score (nSPS) is 11.5. The number of hydrogen-bond donors (Lipinski definition) is 0. The van der Waals surface area contributed by atoms with Crippen LogP contribution in [0.25, 0.3) is 0 Å². The monoisotopic (exact) mass is 203 g/mol. The summed E-state index contributed by atoms with van der Waals surface area (Å²) in [5.41, 5.74) is 0.965. The molecule has 1 rings (SSSR count). The SMILES string of the molecule is CC(=O)OCCC(C#N)c1ccccc1. The predicted octanol–water partition coefficient (Wildman–Crippen LogP) is 2.25. The van der Waals surface area contributed by atoms with Gasteiger partial charge in [-0.15, -0.1) is 0 Å². The van der Waals surface area contributed by atoms with Gasteiger partial charge in [0.05, 0.1) is 18.6 Å². The van der Waals surface area contributed by atoms with Crippen molar-refractivity contribution in [2.45, 2.75) is 19.3 Å². The van der Waals surface area contributed by atoms with Crippen LogP contribution in [0.3, 0.4) is 0 Å². The minimum absolute atomic E-state index is 0.203. The smallest absolute Gasteiger partial charge is 0.302 e. The second-order valence-corrected chi connectivity index (χ2v) is 3.22. The second kappa shape index (κ2) is 5.82. The molecule has 0 heterocycles. The number of hydrogen-bond acceptors (Lipinski definition) is 3. The minimum Gasteiger partial charge on any atom is -0.466 e. The Hall–Kier alpha value is -1.82. The Kier molecular flexibility index (Phi) is 4.36. The van der Waals surface area contributed by atoms with E-state index in [4.69, 9.17) is 10.00 Å².